The summed E-state index contributed by atoms with van der Waals surface area (Å²) in [4.78, 5) is 0. The second kappa shape index (κ2) is 3.05. The highest BCUT2D eigenvalue weighted by molar-refractivity contribution is 4.31. The van der Waals surface area contributed by atoms with Crippen molar-refractivity contribution in [3.8, 4) is 0 Å². The average molecular weight is 117 g/mol. The van der Waals surface area contributed by atoms with Crippen molar-refractivity contribution in [2.75, 3.05) is 19.6 Å². The highest BCUT2D eigenvalue weighted by Gasteiger charge is 2.04. The Morgan fingerprint density at radius 2 is 1.25 bits per heavy atom. The van der Waals surface area contributed by atoms with E-state index >= 15 is 0 Å². The number of hydrogen-bond donors (Lipinski definition) is 0. The molecule has 2 heteroatoms. The van der Waals surface area contributed by atoms with Gasteiger partial charge in [0.1, 0.15) is 0 Å². The van der Waals surface area contributed by atoms with Crippen LogP contribution in [0.3, 0.4) is 0 Å². The van der Waals surface area contributed by atoms with Crippen molar-refractivity contribution < 1.29 is 4.65 Å². The summed E-state index contributed by atoms with van der Waals surface area (Å²) in [5.74, 6) is 0. The van der Waals surface area contributed by atoms with E-state index in [9.17, 15) is 5.21 Å². The molecule has 2 nitrogen and oxygen atoms in total. The fraction of sp³-hybridized carbons (Fsp3) is 1.00. The second-order valence-electron chi connectivity index (χ2n) is 2.01. The summed E-state index contributed by atoms with van der Waals surface area (Å²) >= 11 is 0. The van der Waals surface area contributed by atoms with Gasteiger partial charge in [0, 0.05) is 0 Å². The van der Waals surface area contributed by atoms with Crippen molar-refractivity contribution in [1.29, 1.82) is 0 Å². The van der Waals surface area contributed by atoms with Gasteiger partial charge >= 0.3 is 0 Å². The molecular formula is C6H15NO. The summed E-state index contributed by atoms with van der Waals surface area (Å²) in [5, 5.41) is 11.1. The van der Waals surface area contributed by atoms with Gasteiger partial charge < -0.3 is 9.85 Å². The third kappa shape index (κ3) is 1.80. The van der Waals surface area contributed by atoms with Crippen molar-refractivity contribution in [2.24, 2.45) is 0 Å². The molecular weight excluding hydrogens is 102 g/mol. The molecule has 8 heavy (non-hydrogen) atoms. The average Bonchev–Trinajstić information content (AvgIpc) is 1.87. The minimum Gasteiger partial charge on any atom is -0.633 e. The number of rotatable bonds is 3. The number of hydrogen-bond acceptors (Lipinski definition) is 1. The molecule has 50 valence electrons. The van der Waals surface area contributed by atoms with Crippen LogP contribution in [0.5, 0.6) is 0 Å². The number of hydroxylamine groups is 3. The van der Waals surface area contributed by atoms with Gasteiger partial charge in [0.15, 0.2) is 0 Å². The van der Waals surface area contributed by atoms with Gasteiger partial charge in [-0.1, -0.05) is 0 Å². The van der Waals surface area contributed by atoms with Crippen LogP contribution in [-0.4, -0.2) is 24.3 Å². The summed E-state index contributed by atoms with van der Waals surface area (Å²) in [6, 6.07) is 0. The first kappa shape index (κ1) is 7.92. The van der Waals surface area contributed by atoms with Crippen molar-refractivity contribution in [3.05, 3.63) is 5.21 Å². The van der Waals surface area contributed by atoms with Gasteiger partial charge in [0.2, 0.25) is 0 Å². The molecule has 0 fully saturated rings. The zero-order valence-corrected chi connectivity index (χ0v) is 5.98. The Hall–Kier alpha value is -0.0800. The zero-order valence-electron chi connectivity index (χ0n) is 5.98. The fourth-order valence-corrected chi connectivity index (χ4v) is 0.671. The van der Waals surface area contributed by atoms with Crippen LogP contribution in [0.1, 0.15) is 20.8 Å². The van der Waals surface area contributed by atoms with Crippen molar-refractivity contribution in [2.45, 2.75) is 20.8 Å². The highest BCUT2D eigenvalue weighted by Crippen LogP contribution is 1.99. The van der Waals surface area contributed by atoms with Crippen molar-refractivity contribution >= 4 is 0 Å². The van der Waals surface area contributed by atoms with Gasteiger partial charge in [-0.25, -0.2) is 0 Å². The molecule has 0 amide bonds. The second-order valence-corrected chi connectivity index (χ2v) is 2.01. The molecule has 0 heterocycles. The van der Waals surface area contributed by atoms with Crippen LogP contribution in [-0.2, 0) is 0 Å². The largest absolute Gasteiger partial charge is 0.633 e. The van der Waals surface area contributed by atoms with Crippen LogP contribution in [0, 0.1) is 5.21 Å². The van der Waals surface area contributed by atoms with Crippen LogP contribution in [0.4, 0.5) is 0 Å². The molecule has 0 aliphatic carbocycles. The van der Waals surface area contributed by atoms with E-state index in [2.05, 4.69) is 0 Å². The van der Waals surface area contributed by atoms with Crippen LogP contribution in [0.15, 0.2) is 0 Å². The smallest absolute Gasteiger partial charge is 0.0755 e. The van der Waals surface area contributed by atoms with Crippen LogP contribution in [0.25, 0.3) is 0 Å². The van der Waals surface area contributed by atoms with Gasteiger partial charge in [-0.05, 0) is 20.8 Å². The normalized spacial score (nSPS) is 12.0. The Kier molecular flexibility index (Phi) is 3.02. The van der Waals surface area contributed by atoms with E-state index in [1.54, 1.807) is 0 Å². The molecule has 0 saturated carbocycles. The SMILES string of the molecule is CC[N+]([O-])(CC)CC. The lowest BCUT2D eigenvalue weighted by Crippen LogP contribution is -2.41. The molecule has 0 atom stereocenters. The molecule has 0 aliphatic rings. The van der Waals surface area contributed by atoms with E-state index in [0.717, 1.165) is 0 Å². The number of quaternary nitrogens is 1. The quantitative estimate of drug-likeness (QED) is 0.404. The molecule has 0 rings (SSSR count). The lowest BCUT2D eigenvalue weighted by Gasteiger charge is -2.39. The summed E-state index contributed by atoms with van der Waals surface area (Å²) in [6.45, 7) is 7.90. The molecule has 0 aliphatic heterocycles. The Labute approximate surface area is 51.3 Å². The molecule has 0 spiro atoms. The standard InChI is InChI=1S/C6H15NO/c1-4-7(8,5-2)6-3/h4-6H2,1-3H3. The monoisotopic (exact) mass is 117 g/mol. The highest BCUT2D eigenvalue weighted by atomic mass is 16.5. The molecule has 0 aromatic heterocycles. The Bertz CT molecular complexity index is 51.3. The van der Waals surface area contributed by atoms with E-state index in [-0.39, 0.29) is 4.65 Å². The van der Waals surface area contributed by atoms with Crippen LogP contribution < -0.4 is 0 Å². The van der Waals surface area contributed by atoms with E-state index in [0.29, 0.717) is 19.6 Å². The third-order valence-electron chi connectivity index (χ3n) is 1.73. The molecule has 0 unspecified atom stereocenters. The molecule has 0 aromatic carbocycles. The van der Waals surface area contributed by atoms with Gasteiger partial charge in [0.05, 0.1) is 19.6 Å². The van der Waals surface area contributed by atoms with Gasteiger partial charge in [-0.3, -0.25) is 0 Å². The lowest BCUT2D eigenvalue weighted by atomic mass is 10.5. The summed E-state index contributed by atoms with van der Waals surface area (Å²) in [5.41, 5.74) is 0. The maximum absolute atomic E-state index is 11.1. The van der Waals surface area contributed by atoms with E-state index in [1.165, 1.54) is 0 Å². The Morgan fingerprint density at radius 1 is 1.00 bits per heavy atom. The summed E-state index contributed by atoms with van der Waals surface area (Å²) in [7, 11) is 0. The minimum atomic E-state index is -0.0417. The topological polar surface area (TPSA) is 23.1 Å². The molecule has 0 radical (unpaired) electrons. The number of nitrogens with zero attached hydrogens (tertiary/aromatic N) is 1. The lowest BCUT2D eigenvalue weighted by molar-refractivity contribution is -0.875. The van der Waals surface area contributed by atoms with E-state index in [4.69, 9.17) is 0 Å². The molecule has 0 aromatic rings. The molecule has 0 saturated heterocycles. The van der Waals surface area contributed by atoms with Crippen LogP contribution in [0.2, 0.25) is 0 Å². The minimum absolute atomic E-state index is 0.0417. The van der Waals surface area contributed by atoms with Gasteiger partial charge in [-0.2, -0.15) is 0 Å². The first-order valence-corrected chi connectivity index (χ1v) is 3.25. The first-order valence-electron chi connectivity index (χ1n) is 3.25. The zero-order chi connectivity index (χ0) is 6.62. The predicted molar refractivity (Wildman–Crippen MR) is 35.3 cm³/mol. The summed E-state index contributed by atoms with van der Waals surface area (Å²) < 4.78 is -0.0417. The maximum atomic E-state index is 11.1. The Balaban J connectivity index is 3.58. The predicted octanol–water partition coefficient (Wildman–Crippen LogP) is 1.36. The first-order chi connectivity index (χ1) is 3.68. The van der Waals surface area contributed by atoms with Gasteiger partial charge in [0.25, 0.3) is 0 Å². The van der Waals surface area contributed by atoms with E-state index in [1.807, 2.05) is 20.8 Å². The van der Waals surface area contributed by atoms with Gasteiger partial charge in [-0.15, -0.1) is 0 Å². The van der Waals surface area contributed by atoms with E-state index < -0.39 is 0 Å². The third-order valence-corrected chi connectivity index (χ3v) is 1.73. The van der Waals surface area contributed by atoms with Crippen LogP contribution >= 0.6 is 0 Å². The Morgan fingerprint density at radius 3 is 1.25 bits per heavy atom. The maximum Gasteiger partial charge on any atom is 0.0755 e. The fourth-order valence-electron chi connectivity index (χ4n) is 0.671. The molecule has 0 N–H and O–H groups in total. The summed E-state index contributed by atoms with van der Waals surface area (Å²) in [6.07, 6.45) is 0. The van der Waals surface area contributed by atoms with Crippen molar-refractivity contribution in [1.82, 2.24) is 0 Å². The van der Waals surface area contributed by atoms with Crippen molar-refractivity contribution in [3.63, 3.8) is 0 Å². The molecule has 0 bridgehead atoms.